The van der Waals surface area contributed by atoms with E-state index in [2.05, 4.69) is 4.98 Å². The first kappa shape index (κ1) is 11.3. The zero-order valence-electron chi connectivity index (χ0n) is 8.73. The molecule has 4 heteroatoms. The molecule has 0 fully saturated rings. The number of nitrogens with two attached hydrogens (primary N) is 1. The number of rotatable bonds is 3. The number of aromatic nitrogens is 1. The molecule has 0 bridgehead atoms. The number of hydrogen-bond donors (Lipinski definition) is 2. The summed E-state index contributed by atoms with van der Waals surface area (Å²) in [5.74, 6) is 0. The van der Waals surface area contributed by atoms with Gasteiger partial charge in [-0.25, -0.2) is 0 Å². The van der Waals surface area contributed by atoms with Crippen LogP contribution in [0.15, 0.2) is 30.5 Å². The van der Waals surface area contributed by atoms with Crippen molar-refractivity contribution in [3.05, 3.63) is 41.0 Å². The summed E-state index contributed by atoms with van der Waals surface area (Å²) >= 11 is 6.13. The van der Waals surface area contributed by atoms with E-state index >= 15 is 0 Å². The molecule has 2 rings (SSSR count). The quantitative estimate of drug-likeness (QED) is 0.854. The highest BCUT2D eigenvalue weighted by molar-refractivity contribution is 6.32. The zero-order valence-corrected chi connectivity index (χ0v) is 9.48. The predicted octanol–water partition coefficient (Wildman–Crippen LogP) is 1.75. The molecule has 0 aliphatic rings. The second-order valence-corrected chi connectivity index (χ2v) is 4.16. The van der Waals surface area contributed by atoms with Crippen LogP contribution in [0.25, 0.3) is 10.9 Å². The summed E-state index contributed by atoms with van der Waals surface area (Å²) in [6.07, 6.45) is 2.26. The third-order valence-corrected chi connectivity index (χ3v) is 2.88. The fourth-order valence-electron chi connectivity index (χ4n) is 1.70. The molecule has 3 N–H and O–H groups in total. The van der Waals surface area contributed by atoms with Crippen LogP contribution in [-0.2, 0) is 6.42 Å². The van der Waals surface area contributed by atoms with Crippen LogP contribution in [0.3, 0.4) is 0 Å². The lowest BCUT2D eigenvalue weighted by Gasteiger charge is -2.11. The summed E-state index contributed by atoms with van der Waals surface area (Å²) in [6, 6.07) is 7.33. The molecule has 1 aromatic carbocycles. The number of pyridine rings is 1. The summed E-state index contributed by atoms with van der Waals surface area (Å²) < 4.78 is 0. The van der Waals surface area contributed by atoms with Gasteiger partial charge in [0.1, 0.15) is 0 Å². The maximum absolute atomic E-state index is 8.97. The van der Waals surface area contributed by atoms with Gasteiger partial charge in [-0.15, -0.1) is 0 Å². The highest BCUT2D eigenvalue weighted by atomic mass is 35.5. The molecular formula is C12H13ClN2O. The number of aliphatic hydroxyl groups excluding tert-OH is 1. The monoisotopic (exact) mass is 236 g/mol. The van der Waals surface area contributed by atoms with E-state index in [0.717, 1.165) is 16.5 Å². The summed E-state index contributed by atoms with van der Waals surface area (Å²) in [6.45, 7) is -0.0560. The first-order valence-electron chi connectivity index (χ1n) is 5.11. The van der Waals surface area contributed by atoms with Gasteiger partial charge in [-0.1, -0.05) is 23.7 Å². The molecule has 16 heavy (non-hydrogen) atoms. The van der Waals surface area contributed by atoms with E-state index in [1.165, 1.54) is 0 Å². The Labute approximate surface area is 98.9 Å². The van der Waals surface area contributed by atoms with Gasteiger partial charge in [-0.2, -0.15) is 0 Å². The van der Waals surface area contributed by atoms with Crippen molar-refractivity contribution >= 4 is 22.5 Å². The average Bonchev–Trinajstić information content (AvgIpc) is 2.32. The van der Waals surface area contributed by atoms with Gasteiger partial charge in [0, 0.05) is 22.6 Å². The van der Waals surface area contributed by atoms with Crippen LogP contribution >= 0.6 is 11.6 Å². The van der Waals surface area contributed by atoms with E-state index in [1.54, 1.807) is 6.20 Å². The van der Waals surface area contributed by atoms with Crippen molar-refractivity contribution in [1.82, 2.24) is 4.98 Å². The molecule has 0 amide bonds. The average molecular weight is 237 g/mol. The Bertz CT molecular complexity index is 501. The molecule has 0 saturated carbocycles. The van der Waals surface area contributed by atoms with Crippen LogP contribution in [0.5, 0.6) is 0 Å². The Morgan fingerprint density at radius 1 is 1.38 bits per heavy atom. The maximum Gasteiger partial charge on any atom is 0.0749 e. The minimum Gasteiger partial charge on any atom is -0.395 e. The number of benzene rings is 1. The largest absolute Gasteiger partial charge is 0.395 e. The van der Waals surface area contributed by atoms with Gasteiger partial charge in [-0.3, -0.25) is 4.98 Å². The van der Waals surface area contributed by atoms with Crippen LogP contribution in [0.2, 0.25) is 5.02 Å². The van der Waals surface area contributed by atoms with Crippen LogP contribution in [0.1, 0.15) is 5.56 Å². The normalized spacial score (nSPS) is 12.9. The number of halogens is 1. The topological polar surface area (TPSA) is 59.1 Å². The Morgan fingerprint density at radius 3 is 2.94 bits per heavy atom. The minimum atomic E-state index is -0.301. The van der Waals surface area contributed by atoms with E-state index < -0.39 is 0 Å². The highest BCUT2D eigenvalue weighted by Gasteiger charge is 2.10. The Balaban J connectivity index is 2.52. The maximum atomic E-state index is 8.97. The lowest BCUT2D eigenvalue weighted by molar-refractivity contribution is 0.265. The molecule has 0 aliphatic carbocycles. The molecule has 0 aliphatic heterocycles. The van der Waals surface area contributed by atoms with Crippen LogP contribution in [-0.4, -0.2) is 22.7 Å². The van der Waals surface area contributed by atoms with Crippen LogP contribution in [0, 0.1) is 0 Å². The summed E-state index contributed by atoms with van der Waals surface area (Å²) in [5, 5.41) is 10.7. The van der Waals surface area contributed by atoms with E-state index in [-0.39, 0.29) is 12.6 Å². The summed E-state index contributed by atoms with van der Waals surface area (Å²) in [5.41, 5.74) is 7.49. The van der Waals surface area contributed by atoms with Gasteiger partial charge in [-0.05, 0) is 24.1 Å². The van der Waals surface area contributed by atoms with Gasteiger partial charge < -0.3 is 10.8 Å². The van der Waals surface area contributed by atoms with Crippen LogP contribution in [0.4, 0.5) is 0 Å². The Kier molecular flexibility index (Phi) is 3.39. The second-order valence-electron chi connectivity index (χ2n) is 3.75. The SMILES string of the molecule is NC(CO)Cc1c(Cl)ccc2cccnc12. The van der Waals surface area contributed by atoms with Gasteiger partial charge in [0.2, 0.25) is 0 Å². The lowest BCUT2D eigenvalue weighted by Crippen LogP contribution is -2.27. The van der Waals surface area contributed by atoms with Crippen molar-refractivity contribution in [3.63, 3.8) is 0 Å². The van der Waals surface area contributed by atoms with Crippen molar-refractivity contribution in [3.8, 4) is 0 Å². The van der Waals surface area contributed by atoms with Crippen LogP contribution < -0.4 is 5.73 Å². The number of nitrogens with zero attached hydrogens (tertiary/aromatic N) is 1. The highest BCUT2D eigenvalue weighted by Crippen LogP contribution is 2.25. The first-order chi connectivity index (χ1) is 7.72. The lowest BCUT2D eigenvalue weighted by atomic mass is 10.0. The molecule has 3 nitrogen and oxygen atoms in total. The van der Waals surface area contributed by atoms with E-state index in [1.807, 2.05) is 24.3 Å². The van der Waals surface area contributed by atoms with Crippen molar-refractivity contribution in [1.29, 1.82) is 0 Å². The number of aliphatic hydroxyl groups is 1. The Hall–Kier alpha value is -1.16. The molecule has 0 saturated heterocycles. The second kappa shape index (κ2) is 4.78. The fourth-order valence-corrected chi connectivity index (χ4v) is 1.93. The molecule has 0 spiro atoms. The predicted molar refractivity (Wildman–Crippen MR) is 65.5 cm³/mol. The van der Waals surface area contributed by atoms with Crippen molar-refractivity contribution < 1.29 is 5.11 Å². The smallest absolute Gasteiger partial charge is 0.0749 e. The molecule has 2 aromatic rings. The fraction of sp³-hybridized carbons (Fsp3) is 0.250. The zero-order chi connectivity index (χ0) is 11.5. The molecule has 0 radical (unpaired) electrons. The van der Waals surface area contributed by atoms with E-state index in [0.29, 0.717) is 11.4 Å². The first-order valence-corrected chi connectivity index (χ1v) is 5.48. The van der Waals surface area contributed by atoms with E-state index in [4.69, 9.17) is 22.4 Å². The standard InChI is InChI=1S/C12H13ClN2O/c13-11-4-3-8-2-1-5-15-12(8)10(11)6-9(14)7-16/h1-5,9,16H,6-7,14H2. The van der Waals surface area contributed by atoms with Gasteiger partial charge in [0.25, 0.3) is 0 Å². The summed E-state index contributed by atoms with van der Waals surface area (Å²) in [7, 11) is 0. The van der Waals surface area contributed by atoms with Crippen molar-refractivity contribution in [2.75, 3.05) is 6.61 Å². The van der Waals surface area contributed by atoms with E-state index in [9.17, 15) is 0 Å². The molecule has 1 heterocycles. The third kappa shape index (κ3) is 2.16. The van der Waals surface area contributed by atoms with Gasteiger partial charge >= 0.3 is 0 Å². The number of hydrogen-bond acceptors (Lipinski definition) is 3. The minimum absolute atomic E-state index is 0.0560. The molecule has 1 unspecified atom stereocenters. The van der Waals surface area contributed by atoms with Gasteiger partial charge in [0.15, 0.2) is 0 Å². The van der Waals surface area contributed by atoms with Gasteiger partial charge in [0.05, 0.1) is 12.1 Å². The van der Waals surface area contributed by atoms with Crippen molar-refractivity contribution in [2.45, 2.75) is 12.5 Å². The molecule has 1 atom stereocenters. The molecular weight excluding hydrogens is 224 g/mol. The molecule has 1 aromatic heterocycles. The Morgan fingerprint density at radius 2 is 2.19 bits per heavy atom. The summed E-state index contributed by atoms with van der Waals surface area (Å²) in [4.78, 5) is 4.31. The third-order valence-electron chi connectivity index (χ3n) is 2.52. The molecule has 84 valence electrons. The number of fused-ring (bicyclic) bond motifs is 1. The van der Waals surface area contributed by atoms with Crippen molar-refractivity contribution in [2.24, 2.45) is 5.73 Å².